The third-order valence-corrected chi connectivity index (χ3v) is 3.66. The van der Waals surface area contributed by atoms with Gasteiger partial charge in [0.25, 0.3) is 0 Å². The highest BCUT2D eigenvalue weighted by atomic mass is 15.2. The van der Waals surface area contributed by atoms with Crippen LogP contribution in [-0.4, -0.2) is 23.1 Å². The zero-order valence-corrected chi connectivity index (χ0v) is 11.0. The molecule has 1 aromatic heterocycles. The smallest absolute Gasteiger partial charge is 0.225 e. The maximum atomic E-state index is 5.59. The Hall–Kier alpha value is -1.32. The highest BCUT2D eigenvalue weighted by Gasteiger charge is 2.29. The van der Waals surface area contributed by atoms with Gasteiger partial charge in [0.15, 0.2) is 0 Å². The first-order valence-corrected chi connectivity index (χ1v) is 6.29. The normalized spacial score (nSPS) is 18.4. The van der Waals surface area contributed by atoms with E-state index in [0.29, 0.717) is 11.1 Å². The molecule has 0 atom stereocenters. The van der Waals surface area contributed by atoms with Gasteiger partial charge in [0.05, 0.1) is 18.1 Å². The highest BCUT2D eigenvalue weighted by molar-refractivity contribution is 5.38. The summed E-state index contributed by atoms with van der Waals surface area (Å²) in [5.74, 6) is 1.61. The molecule has 1 fully saturated rings. The van der Waals surface area contributed by atoms with E-state index < -0.39 is 0 Å². The van der Waals surface area contributed by atoms with Gasteiger partial charge in [-0.15, -0.1) is 0 Å². The average molecular weight is 234 g/mol. The van der Waals surface area contributed by atoms with Crippen molar-refractivity contribution in [1.29, 1.82) is 0 Å². The van der Waals surface area contributed by atoms with E-state index >= 15 is 0 Å². The van der Waals surface area contributed by atoms with Crippen molar-refractivity contribution in [2.75, 3.05) is 23.7 Å². The topological polar surface area (TPSA) is 55.0 Å². The Kier molecular flexibility index (Phi) is 3.22. The summed E-state index contributed by atoms with van der Waals surface area (Å²) < 4.78 is 0. The lowest BCUT2D eigenvalue weighted by atomic mass is 9.75. The molecule has 0 spiro atoms. The fourth-order valence-electron chi connectivity index (χ4n) is 2.44. The van der Waals surface area contributed by atoms with Crippen LogP contribution in [0.1, 0.15) is 33.6 Å². The largest absolute Gasteiger partial charge is 0.396 e. The summed E-state index contributed by atoms with van der Waals surface area (Å²) in [4.78, 5) is 10.8. The zero-order chi connectivity index (χ0) is 12.5. The van der Waals surface area contributed by atoms with Gasteiger partial charge in [-0.1, -0.05) is 20.8 Å². The molecule has 0 amide bonds. The molecule has 1 aliphatic heterocycles. The number of nitrogens with zero attached hydrogens (tertiary/aromatic N) is 3. The summed E-state index contributed by atoms with van der Waals surface area (Å²) in [6.45, 7) is 9.07. The van der Waals surface area contributed by atoms with Crippen molar-refractivity contribution >= 4 is 11.6 Å². The van der Waals surface area contributed by atoms with Gasteiger partial charge in [-0.25, -0.2) is 9.97 Å². The van der Waals surface area contributed by atoms with Gasteiger partial charge in [0.2, 0.25) is 5.95 Å². The first-order valence-electron chi connectivity index (χ1n) is 6.29. The maximum Gasteiger partial charge on any atom is 0.225 e. The van der Waals surface area contributed by atoms with Gasteiger partial charge in [-0.2, -0.15) is 0 Å². The third kappa shape index (κ3) is 2.87. The molecule has 4 heteroatoms. The van der Waals surface area contributed by atoms with Crippen LogP contribution in [0.4, 0.5) is 11.6 Å². The van der Waals surface area contributed by atoms with Crippen LogP contribution in [-0.2, 0) is 0 Å². The fraction of sp³-hybridized carbons (Fsp3) is 0.692. The minimum atomic E-state index is 0.411. The summed E-state index contributed by atoms with van der Waals surface area (Å²) in [7, 11) is 0. The number of rotatable bonds is 1. The molecule has 0 unspecified atom stereocenters. The van der Waals surface area contributed by atoms with Crippen molar-refractivity contribution in [3.63, 3.8) is 0 Å². The molecule has 2 heterocycles. The second-order valence-corrected chi connectivity index (χ2v) is 5.94. The van der Waals surface area contributed by atoms with Crippen LogP contribution in [0.25, 0.3) is 0 Å². The Labute approximate surface area is 103 Å². The van der Waals surface area contributed by atoms with Crippen molar-refractivity contribution < 1.29 is 0 Å². The lowest BCUT2D eigenvalue weighted by Crippen LogP contribution is -2.38. The molecule has 2 N–H and O–H groups in total. The minimum Gasteiger partial charge on any atom is -0.396 e. The van der Waals surface area contributed by atoms with E-state index in [1.165, 1.54) is 12.8 Å². The first kappa shape index (κ1) is 12.1. The third-order valence-electron chi connectivity index (χ3n) is 3.66. The molecule has 0 aromatic carbocycles. The maximum absolute atomic E-state index is 5.59. The number of aromatic nitrogens is 2. The van der Waals surface area contributed by atoms with Gasteiger partial charge < -0.3 is 10.6 Å². The predicted molar refractivity (Wildman–Crippen MR) is 70.8 cm³/mol. The number of hydrogen-bond acceptors (Lipinski definition) is 4. The number of nitrogens with two attached hydrogens (primary N) is 1. The van der Waals surface area contributed by atoms with Crippen LogP contribution in [0.15, 0.2) is 12.4 Å². The second kappa shape index (κ2) is 4.51. The molecule has 2 rings (SSSR count). The Morgan fingerprint density at radius 1 is 1.18 bits per heavy atom. The van der Waals surface area contributed by atoms with Gasteiger partial charge in [0.1, 0.15) is 0 Å². The Morgan fingerprint density at radius 2 is 1.71 bits per heavy atom. The molecular formula is C13H22N4. The quantitative estimate of drug-likeness (QED) is 0.810. The molecule has 1 aliphatic rings. The SMILES string of the molecule is CC(C)(C)C1CCN(c2ncc(N)cn2)CC1. The van der Waals surface area contributed by atoms with E-state index in [1.807, 2.05) is 0 Å². The van der Waals surface area contributed by atoms with Gasteiger partial charge >= 0.3 is 0 Å². The lowest BCUT2D eigenvalue weighted by Gasteiger charge is -2.38. The van der Waals surface area contributed by atoms with E-state index in [4.69, 9.17) is 5.73 Å². The summed E-state index contributed by atoms with van der Waals surface area (Å²) in [5.41, 5.74) is 6.63. The van der Waals surface area contributed by atoms with E-state index in [9.17, 15) is 0 Å². The van der Waals surface area contributed by atoms with Gasteiger partial charge in [0, 0.05) is 13.1 Å². The first-order chi connectivity index (χ1) is 7.97. The van der Waals surface area contributed by atoms with Crippen molar-refractivity contribution in [2.24, 2.45) is 11.3 Å². The van der Waals surface area contributed by atoms with Gasteiger partial charge in [-0.3, -0.25) is 0 Å². The molecule has 0 saturated carbocycles. The van der Waals surface area contributed by atoms with E-state index in [-0.39, 0.29) is 0 Å². The van der Waals surface area contributed by atoms with Gasteiger partial charge in [-0.05, 0) is 24.2 Å². The number of hydrogen-bond donors (Lipinski definition) is 1. The second-order valence-electron chi connectivity index (χ2n) is 5.94. The molecule has 1 aromatic rings. The molecule has 4 nitrogen and oxygen atoms in total. The van der Waals surface area contributed by atoms with Crippen molar-refractivity contribution in [2.45, 2.75) is 33.6 Å². The summed E-state index contributed by atoms with van der Waals surface area (Å²) >= 11 is 0. The van der Waals surface area contributed by atoms with Crippen molar-refractivity contribution in [3.8, 4) is 0 Å². The standard InChI is InChI=1S/C13H22N4/c1-13(2,3)10-4-6-17(7-5-10)12-15-8-11(14)9-16-12/h8-10H,4-7,14H2,1-3H3. The van der Waals surface area contributed by atoms with Crippen LogP contribution in [0, 0.1) is 11.3 Å². The summed E-state index contributed by atoms with van der Waals surface area (Å²) in [6, 6.07) is 0. The Bertz CT molecular complexity index is 358. The number of anilines is 2. The zero-order valence-electron chi connectivity index (χ0n) is 11.0. The van der Waals surface area contributed by atoms with Crippen molar-refractivity contribution in [3.05, 3.63) is 12.4 Å². The van der Waals surface area contributed by atoms with E-state index in [2.05, 4.69) is 35.6 Å². The monoisotopic (exact) mass is 234 g/mol. The number of nitrogen functional groups attached to an aromatic ring is 1. The fourth-order valence-corrected chi connectivity index (χ4v) is 2.44. The molecular weight excluding hydrogens is 212 g/mol. The molecule has 0 aliphatic carbocycles. The molecule has 0 bridgehead atoms. The summed E-state index contributed by atoms with van der Waals surface area (Å²) in [6.07, 6.45) is 5.80. The minimum absolute atomic E-state index is 0.411. The summed E-state index contributed by atoms with van der Waals surface area (Å²) in [5, 5.41) is 0. The predicted octanol–water partition coefficient (Wildman–Crippen LogP) is 2.32. The van der Waals surface area contributed by atoms with Crippen LogP contribution in [0.5, 0.6) is 0 Å². The molecule has 17 heavy (non-hydrogen) atoms. The average Bonchev–Trinajstić information content (AvgIpc) is 2.29. The van der Waals surface area contributed by atoms with Crippen LogP contribution < -0.4 is 10.6 Å². The molecule has 94 valence electrons. The Balaban J connectivity index is 1.97. The van der Waals surface area contributed by atoms with Crippen LogP contribution in [0.3, 0.4) is 0 Å². The van der Waals surface area contributed by atoms with Crippen LogP contribution in [0.2, 0.25) is 0 Å². The van der Waals surface area contributed by atoms with Crippen LogP contribution >= 0.6 is 0 Å². The Morgan fingerprint density at radius 3 is 2.18 bits per heavy atom. The molecule has 1 saturated heterocycles. The van der Waals surface area contributed by atoms with E-state index in [1.54, 1.807) is 12.4 Å². The lowest BCUT2D eigenvalue weighted by molar-refractivity contribution is 0.198. The molecule has 0 radical (unpaired) electrons. The number of piperidine rings is 1. The highest BCUT2D eigenvalue weighted by Crippen LogP contribution is 2.34. The van der Waals surface area contributed by atoms with E-state index in [0.717, 1.165) is 25.0 Å². The van der Waals surface area contributed by atoms with Crippen molar-refractivity contribution in [1.82, 2.24) is 9.97 Å².